The Balaban J connectivity index is 2.01. The Bertz CT molecular complexity index is 431. The van der Waals surface area contributed by atoms with Crippen LogP contribution < -0.4 is 0 Å². The summed E-state index contributed by atoms with van der Waals surface area (Å²) in [6.07, 6.45) is 4.42. The summed E-state index contributed by atoms with van der Waals surface area (Å²) in [4.78, 5) is 21.0. The number of alkyl halides is 1. The SMILES string of the molecule is CC(C)[C@@H]1CC[C@@H](C)C[C@@]12N(C)C(=O)[C@@H]1C[C@@H](CBr)ON12. The molecule has 0 bridgehead atoms. The van der Waals surface area contributed by atoms with E-state index in [-0.39, 0.29) is 23.7 Å². The molecule has 1 aliphatic carbocycles. The molecular weight excluding hydrogens is 332 g/mol. The average molecular weight is 359 g/mol. The van der Waals surface area contributed by atoms with E-state index in [1.165, 1.54) is 12.8 Å². The van der Waals surface area contributed by atoms with Gasteiger partial charge in [-0.25, -0.2) is 0 Å². The molecule has 1 spiro atoms. The molecule has 5 heteroatoms. The van der Waals surface area contributed by atoms with Crippen LogP contribution in [0.5, 0.6) is 0 Å². The van der Waals surface area contributed by atoms with Crippen LogP contribution in [0.2, 0.25) is 0 Å². The van der Waals surface area contributed by atoms with Crippen molar-refractivity contribution >= 4 is 21.8 Å². The number of hydroxylamine groups is 2. The smallest absolute Gasteiger partial charge is 0.243 e. The quantitative estimate of drug-likeness (QED) is 0.711. The van der Waals surface area contributed by atoms with Crippen molar-refractivity contribution in [2.75, 3.05) is 12.4 Å². The normalized spacial score (nSPS) is 44.1. The summed E-state index contributed by atoms with van der Waals surface area (Å²) in [5.41, 5.74) is -0.232. The predicted molar refractivity (Wildman–Crippen MR) is 85.8 cm³/mol. The fourth-order valence-electron chi connectivity index (χ4n) is 4.81. The minimum Gasteiger partial charge on any atom is -0.323 e. The van der Waals surface area contributed by atoms with Crippen molar-refractivity contribution in [3.63, 3.8) is 0 Å². The minimum absolute atomic E-state index is 0.0795. The molecule has 3 rings (SSSR count). The molecule has 120 valence electrons. The van der Waals surface area contributed by atoms with Gasteiger partial charge in [-0.15, -0.1) is 0 Å². The molecule has 2 aliphatic heterocycles. The van der Waals surface area contributed by atoms with E-state index in [9.17, 15) is 4.79 Å². The first-order valence-corrected chi connectivity index (χ1v) is 9.33. The van der Waals surface area contributed by atoms with Crippen molar-refractivity contribution in [1.82, 2.24) is 9.96 Å². The zero-order valence-electron chi connectivity index (χ0n) is 13.5. The summed E-state index contributed by atoms with van der Waals surface area (Å²) in [7, 11) is 1.99. The van der Waals surface area contributed by atoms with Crippen molar-refractivity contribution in [3.8, 4) is 0 Å². The van der Waals surface area contributed by atoms with Crippen LogP contribution in [0.4, 0.5) is 0 Å². The lowest BCUT2D eigenvalue weighted by molar-refractivity contribution is -0.260. The predicted octanol–water partition coefficient (Wildman–Crippen LogP) is 3.02. The van der Waals surface area contributed by atoms with Gasteiger partial charge in [0.1, 0.15) is 11.7 Å². The first-order chi connectivity index (χ1) is 9.91. The van der Waals surface area contributed by atoms with Gasteiger partial charge in [0, 0.05) is 24.7 Å². The highest BCUT2D eigenvalue weighted by atomic mass is 79.9. The van der Waals surface area contributed by atoms with Gasteiger partial charge in [0.2, 0.25) is 5.91 Å². The second kappa shape index (κ2) is 5.50. The molecule has 2 heterocycles. The van der Waals surface area contributed by atoms with Gasteiger partial charge in [-0.05, 0) is 24.7 Å². The van der Waals surface area contributed by atoms with Gasteiger partial charge in [0.25, 0.3) is 0 Å². The molecule has 0 aromatic carbocycles. The van der Waals surface area contributed by atoms with E-state index in [2.05, 4.69) is 41.8 Å². The van der Waals surface area contributed by atoms with Crippen LogP contribution in [0, 0.1) is 17.8 Å². The van der Waals surface area contributed by atoms with Crippen LogP contribution in [0.15, 0.2) is 0 Å². The number of hydrogen-bond acceptors (Lipinski definition) is 3. The number of halogens is 1. The van der Waals surface area contributed by atoms with Gasteiger partial charge in [-0.3, -0.25) is 9.63 Å². The van der Waals surface area contributed by atoms with Crippen LogP contribution in [-0.2, 0) is 9.63 Å². The highest BCUT2D eigenvalue weighted by molar-refractivity contribution is 9.09. The molecule has 21 heavy (non-hydrogen) atoms. The largest absolute Gasteiger partial charge is 0.323 e. The molecule has 0 aromatic heterocycles. The molecule has 3 aliphatic rings. The lowest BCUT2D eigenvalue weighted by Crippen LogP contribution is -2.61. The molecule has 0 N–H and O–H groups in total. The molecule has 0 radical (unpaired) electrons. The summed E-state index contributed by atoms with van der Waals surface area (Å²) in [5, 5.41) is 2.90. The standard InChI is InChI=1S/C16H27BrN2O2/c1-10(2)13-6-5-11(3)8-16(13)18(4)15(20)14-7-12(9-17)21-19(14)16/h10-14H,5-9H2,1-4H3/t11-,12+,13+,14+,16+/m1/s1. The Kier molecular flexibility index (Phi) is 4.13. The summed E-state index contributed by atoms with van der Waals surface area (Å²) in [6, 6.07) is -0.0795. The number of likely N-dealkylation sites (N-methyl/N-ethyl adjacent to an activating group) is 1. The van der Waals surface area contributed by atoms with Gasteiger partial charge >= 0.3 is 0 Å². The highest BCUT2D eigenvalue weighted by Crippen LogP contribution is 2.52. The Morgan fingerprint density at radius 3 is 2.76 bits per heavy atom. The number of rotatable bonds is 2. The summed E-state index contributed by atoms with van der Waals surface area (Å²) < 4.78 is 0. The van der Waals surface area contributed by atoms with E-state index in [1.807, 2.05) is 11.9 Å². The molecular formula is C16H27BrN2O2. The van der Waals surface area contributed by atoms with Gasteiger partial charge in [-0.1, -0.05) is 43.1 Å². The van der Waals surface area contributed by atoms with Gasteiger partial charge < -0.3 is 4.90 Å². The first-order valence-electron chi connectivity index (χ1n) is 8.21. The average Bonchev–Trinajstić information content (AvgIpc) is 2.95. The Hall–Kier alpha value is -0.130. The van der Waals surface area contributed by atoms with Crippen molar-refractivity contribution in [2.45, 2.75) is 64.3 Å². The zero-order valence-corrected chi connectivity index (χ0v) is 15.1. The van der Waals surface area contributed by atoms with Gasteiger partial charge in [0.05, 0.1) is 6.10 Å². The van der Waals surface area contributed by atoms with E-state index < -0.39 is 0 Å². The number of carbonyl (C=O) groups excluding carboxylic acids is 1. The molecule has 0 aromatic rings. The van der Waals surface area contributed by atoms with Crippen LogP contribution in [-0.4, -0.2) is 46.1 Å². The lowest BCUT2D eigenvalue weighted by Gasteiger charge is -2.52. The fourth-order valence-corrected chi connectivity index (χ4v) is 5.19. The molecule has 2 saturated heterocycles. The monoisotopic (exact) mass is 358 g/mol. The lowest BCUT2D eigenvalue weighted by atomic mass is 9.69. The zero-order chi connectivity index (χ0) is 15.4. The Morgan fingerprint density at radius 2 is 2.14 bits per heavy atom. The first kappa shape index (κ1) is 15.8. The summed E-state index contributed by atoms with van der Waals surface area (Å²) in [6.45, 7) is 6.88. The van der Waals surface area contributed by atoms with Gasteiger partial charge in [0.15, 0.2) is 0 Å². The van der Waals surface area contributed by atoms with Crippen LogP contribution in [0.1, 0.15) is 46.5 Å². The number of fused-ring (bicyclic) bond motifs is 2. The van der Waals surface area contributed by atoms with Crippen LogP contribution in [0.3, 0.4) is 0 Å². The number of hydrogen-bond donors (Lipinski definition) is 0. The highest BCUT2D eigenvalue weighted by Gasteiger charge is 2.64. The maximum atomic E-state index is 12.8. The van der Waals surface area contributed by atoms with Gasteiger partial charge in [-0.2, -0.15) is 5.06 Å². The van der Waals surface area contributed by atoms with E-state index in [4.69, 9.17) is 4.84 Å². The molecule has 4 nitrogen and oxygen atoms in total. The second-order valence-electron chi connectivity index (χ2n) is 7.47. The Labute approximate surface area is 136 Å². The summed E-state index contributed by atoms with van der Waals surface area (Å²) >= 11 is 3.51. The molecule has 5 atom stereocenters. The third-order valence-corrected chi connectivity index (χ3v) is 6.52. The van der Waals surface area contributed by atoms with E-state index >= 15 is 0 Å². The van der Waals surface area contributed by atoms with Crippen molar-refractivity contribution in [1.29, 1.82) is 0 Å². The Morgan fingerprint density at radius 1 is 1.43 bits per heavy atom. The minimum atomic E-state index is -0.232. The molecule has 0 unspecified atom stereocenters. The fraction of sp³-hybridized carbons (Fsp3) is 0.938. The van der Waals surface area contributed by atoms with Crippen LogP contribution in [0.25, 0.3) is 0 Å². The van der Waals surface area contributed by atoms with E-state index in [0.717, 1.165) is 18.2 Å². The number of amides is 1. The number of carbonyl (C=O) groups is 1. The van der Waals surface area contributed by atoms with Crippen molar-refractivity contribution in [2.24, 2.45) is 17.8 Å². The van der Waals surface area contributed by atoms with E-state index in [0.29, 0.717) is 17.8 Å². The molecule has 1 amide bonds. The van der Waals surface area contributed by atoms with Crippen LogP contribution >= 0.6 is 15.9 Å². The van der Waals surface area contributed by atoms with Crippen molar-refractivity contribution in [3.05, 3.63) is 0 Å². The maximum absolute atomic E-state index is 12.8. The summed E-state index contributed by atoms with van der Waals surface area (Å²) in [5.74, 6) is 1.93. The molecule has 3 fully saturated rings. The maximum Gasteiger partial charge on any atom is 0.243 e. The topological polar surface area (TPSA) is 32.8 Å². The number of nitrogens with zero attached hydrogens (tertiary/aromatic N) is 2. The second-order valence-corrected chi connectivity index (χ2v) is 8.12. The third-order valence-electron chi connectivity index (χ3n) is 5.80. The third kappa shape index (κ3) is 2.19. The molecule has 1 saturated carbocycles. The van der Waals surface area contributed by atoms with Crippen molar-refractivity contribution < 1.29 is 9.63 Å². The van der Waals surface area contributed by atoms with E-state index in [1.54, 1.807) is 0 Å².